The summed E-state index contributed by atoms with van der Waals surface area (Å²) in [6.45, 7) is 25.9. The van der Waals surface area contributed by atoms with E-state index in [9.17, 15) is 29.0 Å². The third kappa shape index (κ3) is 8.77. The van der Waals surface area contributed by atoms with Crippen LogP contribution < -0.4 is 0 Å². The highest BCUT2D eigenvalue weighted by Crippen LogP contribution is 2.48. The number of rotatable bonds is 8. The molecule has 0 aliphatic heterocycles. The summed E-state index contributed by atoms with van der Waals surface area (Å²) in [7, 11) is 0. The zero-order valence-electron chi connectivity index (χ0n) is 41.1. The molecule has 0 saturated heterocycles. The zero-order chi connectivity index (χ0) is 54.2. The second kappa shape index (κ2) is 19.8. The monoisotopic (exact) mass is 1010 g/mol. The van der Waals surface area contributed by atoms with E-state index in [1.807, 2.05) is 145 Å². The van der Waals surface area contributed by atoms with Gasteiger partial charge in [-0.3, -0.25) is 0 Å². The minimum absolute atomic E-state index is 0.0884. The van der Waals surface area contributed by atoms with Crippen molar-refractivity contribution in [1.82, 2.24) is 14.5 Å². The van der Waals surface area contributed by atoms with Gasteiger partial charge in [-0.05, 0) is 102 Å². The van der Waals surface area contributed by atoms with E-state index in [0.29, 0.717) is 89.2 Å². The van der Waals surface area contributed by atoms with E-state index >= 15 is 0 Å². The van der Waals surface area contributed by atoms with E-state index < -0.39 is 11.7 Å². The van der Waals surface area contributed by atoms with Crippen LogP contribution in [0, 0.1) is 60.6 Å². The Kier molecular flexibility index (Phi) is 12.4. The molecule has 9 aromatic carbocycles. The summed E-state index contributed by atoms with van der Waals surface area (Å²) < 4.78 is 45.2. The van der Waals surface area contributed by atoms with Crippen molar-refractivity contribution in [3.8, 4) is 102 Å². The lowest BCUT2D eigenvalue weighted by Crippen LogP contribution is -2.05. The summed E-state index contributed by atoms with van der Waals surface area (Å²) in [4.78, 5) is 21.4. The second-order valence-corrected chi connectivity index (χ2v) is 18.3. The Labute approximate surface area is 446 Å². The minimum Gasteiger partial charge on any atom is -0.308 e. The maximum absolute atomic E-state index is 14.4. The lowest BCUT2D eigenvalue weighted by molar-refractivity contribution is -0.137. The van der Waals surface area contributed by atoms with Crippen LogP contribution in [0.1, 0.15) is 27.8 Å². The van der Waals surface area contributed by atoms with Crippen molar-refractivity contribution in [3.63, 3.8) is 0 Å². The number of alkyl halides is 3. The first-order valence-corrected chi connectivity index (χ1v) is 24.1. The lowest BCUT2D eigenvalue weighted by atomic mass is 9.91. The van der Waals surface area contributed by atoms with E-state index in [-0.39, 0.29) is 33.8 Å². The first-order valence-electron chi connectivity index (χ1n) is 24.1. The molecule has 0 saturated carbocycles. The Balaban J connectivity index is 1.29. The average molecular weight is 1010 g/mol. The van der Waals surface area contributed by atoms with Crippen molar-refractivity contribution in [2.24, 2.45) is 0 Å². The molecule has 0 atom stereocenters. The van der Waals surface area contributed by atoms with Crippen LogP contribution in [-0.2, 0) is 6.18 Å². The van der Waals surface area contributed by atoms with Gasteiger partial charge in [0.05, 0.1) is 77.2 Å². The van der Waals surface area contributed by atoms with Gasteiger partial charge < -0.3 is 4.57 Å². The molecule has 0 aliphatic carbocycles. The van der Waals surface area contributed by atoms with E-state index in [1.54, 1.807) is 12.1 Å². The van der Waals surface area contributed by atoms with Crippen LogP contribution in [0.4, 0.5) is 30.2 Å². The van der Waals surface area contributed by atoms with Crippen molar-refractivity contribution < 1.29 is 13.2 Å². The molecule has 11 aromatic rings. The number of aromatic nitrogens is 3. The number of halogens is 3. The van der Waals surface area contributed by atoms with Crippen LogP contribution in [0.25, 0.3) is 120 Å². The predicted octanol–water partition coefficient (Wildman–Crippen LogP) is 17.8. The zero-order valence-corrected chi connectivity index (χ0v) is 41.1. The SMILES string of the molecule is [C-]#[N+]c1cc(C#N)c(-c2ccc3c(c2)c2cc(-c4c(C#N)cc(C#N)cc4[N+]#[C-])ccc2n3-c2c(-c3ccc(C)cc3)cc(-c3nc(-c4ccccc4)cc(-c4ccccc4)n3)cc2-c2ccc(C(F)(F)F)cc2)c([N+]#[C-])c1. The van der Waals surface area contributed by atoms with Gasteiger partial charge in [-0.25, -0.2) is 24.5 Å². The fourth-order valence-corrected chi connectivity index (χ4v) is 10.0. The van der Waals surface area contributed by atoms with Crippen LogP contribution in [-0.4, -0.2) is 14.5 Å². The number of nitriles is 3. The molecule has 12 heteroatoms. The van der Waals surface area contributed by atoms with Crippen LogP contribution in [0.5, 0.6) is 0 Å². The van der Waals surface area contributed by atoms with Gasteiger partial charge in [-0.2, -0.15) is 29.0 Å². The summed E-state index contributed by atoms with van der Waals surface area (Å²) in [5, 5.41) is 32.0. The topological polar surface area (TPSA) is 115 Å². The largest absolute Gasteiger partial charge is 0.416 e. The Bertz CT molecular complexity index is 4260. The van der Waals surface area contributed by atoms with Gasteiger partial charge in [0.25, 0.3) is 0 Å². The molecular weight excluding hydrogens is 976 g/mol. The molecule has 0 spiro atoms. The Morgan fingerprint density at radius 2 is 0.962 bits per heavy atom. The number of benzene rings is 9. The molecule has 0 radical (unpaired) electrons. The summed E-state index contributed by atoms with van der Waals surface area (Å²) in [6, 6.07) is 61.3. The minimum atomic E-state index is -4.62. The molecule has 78 heavy (non-hydrogen) atoms. The van der Waals surface area contributed by atoms with Gasteiger partial charge in [0, 0.05) is 60.8 Å². The molecule has 0 N–H and O–H groups in total. The number of fused-ring (bicyclic) bond motifs is 3. The highest BCUT2D eigenvalue weighted by molar-refractivity contribution is 6.14. The van der Waals surface area contributed by atoms with E-state index in [2.05, 4.69) is 26.7 Å². The highest BCUT2D eigenvalue weighted by atomic mass is 19.4. The van der Waals surface area contributed by atoms with Crippen molar-refractivity contribution in [2.45, 2.75) is 13.1 Å². The first kappa shape index (κ1) is 48.8. The van der Waals surface area contributed by atoms with Crippen LogP contribution in [0.3, 0.4) is 0 Å². The Morgan fingerprint density at radius 3 is 1.44 bits per heavy atom. The Hall–Kier alpha value is -11.4. The quantitative estimate of drug-likeness (QED) is 0.141. The highest BCUT2D eigenvalue weighted by Gasteiger charge is 2.31. The predicted molar refractivity (Wildman–Crippen MR) is 297 cm³/mol. The lowest BCUT2D eigenvalue weighted by Gasteiger charge is -2.22. The van der Waals surface area contributed by atoms with E-state index in [0.717, 1.165) is 34.4 Å². The standard InChI is InChI=1S/C66H34F3N9/c1-39-15-17-41(18-16-39)52-32-47(65-76-56(43-11-7-5-8-12-43)35-57(77-65)44-13-9-6-10-14-44)33-53(42-19-23-50(24-20-42)66(67,68)69)64(52)78-60-25-21-45(62-48(37-71)27-40(36-70)28-58(62)74-3)30-54(60)55-31-46(22-26-61(55)78)63-49(38-72)29-51(73-2)34-59(63)75-4/h5-35H,1H3. The second-order valence-electron chi connectivity index (χ2n) is 18.3. The molecule has 0 bridgehead atoms. The maximum atomic E-state index is 14.4. The smallest absolute Gasteiger partial charge is 0.308 e. The van der Waals surface area contributed by atoms with Gasteiger partial charge in [-0.15, -0.1) is 0 Å². The third-order valence-electron chi connectivity index (χ3n) is 13.6. The fraction of sp³-hybridized carbons (Fsp3) is 0.0303. The average Bonchev–Trinajstić information content (AvgIpc) is 4.04. The normalized spacial score (nSPS) is 11.0. The summed E-state index contributed by atoms with van der Waals surface area (Å²) in [6.07, 6.45) is -4.62. The molecule has 0 amide bonds. The van der Waals surface area contributed by atoms with Crippen molar-refractivity contribution in [1.29, 1.82) is 15.8 Å². The van der Waals surface area contributed by atoms with Crippen LogP contribution in [0.2, 0.25) is 0 Å². The van der Waals surface area contributed by atoms with Gasteiger partial charge in [-0.1, -0.05) is 121 Å². The molecule has 11 rings (SSSR count). The number of aryl methyl sites for hydroxylation is 1. The number of hydrogen-bond acceptors (Lipinski definition) is 5. The summed E-state index contributed by atoms with van der Waals surface area (Å²) >= 11 is 0. The van der Waals surface area contributed by atoms with Gasteiger partial charge in [0.15, 0.2) is 22.9 Å². The maximum Gasteiger partial charge on any atom is 0.416 e. The van der Waals surface area contributed by atoms with Crippen LogP contribution >= 0.6 is 0 Å². The summed E-state index contributed by atoms with van der Waals surface area (Å²) in [5.41, 5.74) is 10.2. The molecule has 9 nitrogen and oxygen atoms in total. The van der Waals surface area contributed by atoms with Gasteiger partial charge in [0.2, 0.25) is 0 Å². The number of hydrogen-bond donors (Lipinski definition) is 0. The fourth-order valence-electron chi connectivity index (χ4n) is 10.0. The van der Waals surface area contributed by atoms with Crippen molar-refractivity contribution in [2.75, 3.05) is 0 Å². The van der Waals surface area contributed by atoms with Crippen molar-refractivity contribution >= 4 is 38.9 Å². The molecule has 0 unspecified atom stereocenters. The van der Waals surface area contributed by atoms with Gasteiger partial charge in [0.1, 0.15) is 0 Å². The van der Waals surface area contributed by atoms with Gasteiger partial charge >= 0.3 is 6.18 Å². The molecular formula is C66H34F3N9. The molecule has 364 valence electrons. The molecule has 2 aromatic heterocycles. The number of nitrogens with zero attached hydrogens (tertiary/aromatic N) is 9. The molecule has 0 aliphatic rings. The Morgan fingerprint density at radius 1 is 0.474 bits per heavy atom. The first-order chi connectivity index (χ1) is 37.9. The molecule has 2 heterocycles. The van der Waals surface area contributed by atoms with Crippen LogP contribution in [0.15, 0.2) is 188 Å². The third-order valence-corrected chi connectivity index (χ3v) is 13.6. The molecule has 0 fully saturated rings. The van der Waals surface area contributed by atoms with E-state index in [4.69, 9.17) is 29.7 Å². The van der Waals surface area contributed by atoms with Crippen molar-refractivity contribution in [3.05, 3.63) is 250 Å². The van der Waals surface area contributed by atoms with E-state index in [1.165, 1.54) is 36.4 Å². The summed E-state index contributed by atoms with van der Waals surface area (Å²) in [5.74, 6) is 0.360.